The number of nitrogens with zero attached hydrogens (tertiary/aromatic N) is 3. The van der Waals surface area contributed by atoms with E-state index in [1.165, 1.54) is 11.3 Å². The lowest BCUT2D eigenvalue weighted by Gasteiger charge is -2.15. The molecule has 0 saturated heterocycles. The van der Waals surface area contributed by atoms with E-state index < -0.39 is 5.97 Å². The molecule has 0 aliphatic carbocycles. The first kappa shape index (κ1) is 23.1. The Balaban J connectivity index is 1.77. The van der Waals surface area contributed by atoms with E-state index in [1.807, 2.05) is 42.8 Å². The Morgan fingerprint density at radius 2 is 2.09 bits per heavy atom. The Morgan fingerprint density at radius 3 is 2.85 bits per heavy atom. The monoisotopic (exact) mass is 485 g/mol. The summed E-state index contributed by atoms with van der Waals surface area (Å²) in [4.78, 5) is 26.3. The van der Waals surface area contributed by atoms with Gasteiger partial charge >= 0.3 is 5.97 Å². The average Bonchev–Trinajstić information content (AvgIpc) is 3.46. The van der Waals surface area contributed by atoms with E-state index >= 15 is 0 Å². The number of rotatable bonds is 9. The highest BCUT2D eigenvalue weighted by Gasteiger charge is 2.25. The maximum Gasteiger partial charge on any atom is 0.343 e. The van der Waals surface area contributed by atoms with Crippen LogP contribution in [0.1, 0.15) is 42.6 Å². The van der Waals surface area contributed by atoms with Crippen molar-refractivity contribution < 1.29 is 14.3 Å². The lowest BCUT2D eigenvalue weighted by molar-refractivity contribution is 0.0523. The molecule has 7 nitrogen and oxygen atoms in total. The molecular formula is C24H24ClN3O4S. The molecule has 33 heavy (non-hydrogen) atoms. The van der Waals surface area contributed by atoms with Gasteiger partial charge in [-0.15, -0.1) is 11.3 Å². The van der Waals surface area contributed by atoms with Gasteiger partial charge in [0, 0.05) is 16.8 Å². The molecule has 1 aromatic carbocycles. The van der Waals surface area contributed by atoms with Crippen molar-refractivity contribution in [2.75, 3.05) is 13.2 Å². The highest BCUT2D eigenvalue weighted by molar-refractivity contribution is 7.17. The van der Waals surface area contributed by atoms with Crippen molar-refractivity contribution in [2.24, 2.45) is 0 Å². The van der Waals surface area contributed by atoms with Crippen molar-refractivity contribution in [3.63, 3.8) is 0 Å². The van der Waals surface area contributed by atoms with E-state index in [0.717, 1.165) is 24.1 Å². The number of fused-ring (bicyclic) bond motifs is 1. The Hall–Kier alpha value is -3.10. The first-order valence-electron chi connectivity index (χ1n) is 10.8. The van der Waals surface area contributed by atoms with Crippen molar-refractivity contribution in [3.8, 4) is 11.4 Å². The molecule has 0 unspecified atom stereocenters. The van der Waals surface area contributed by atoms with Gasteiger partial charge in [0.2, 0.25) is 5.75 Å². The number of hydrogen-bond acceptors (Lipinski definition) is 6. The number of halogens is 1. The molecule has 4 aromatic rings. The summed E-state index contributed by atoms with van der Waals surface area (Å²) in [5.74, 6) is -0.506. The second-order valence-electron chi connectivity index (χ2n) is 7.43. The fourth-order valence-electron chi connectivity index (χ4n) is 3.53. The minimum absolute atomic E-state index is 0.0408. The topological polar surface area (TPSA) is 75.3 Å². The minimum atomic E-state index is -0.547. The third-order valence-corrected chi connectivity index (χ3v) is 6.26. The molecule has 9 heteroatoms. The molecule has 0 bridgehead atoms. The number of unbranched alkanes of at least 4 members (excludes halogenated alkanes) is 1. The van der Waals surface area contributed by atoms with Gasteiger partial charge in [-0.3, -0.25) is 9.36 Å². The zero-order valence-corrected chi connectivity index (χ0v) is 20.0. The fourth-order valence-corrected chi connectivity index (χ4v) is 4.64. The van der Waals surface area contributed by atoms with Crippen molar-refractivity contribution in [1.82, 2.24) is 14.3 Å². The number of hydrogen-bond donors (Lipinski definition) is 0. The van der Waals surface area contributed by atoms with Gasteiger partial charge in [0.1, 0.15) is 5.56 Å². The average molecular weight is 486 g/mol. The second kappa shape index (κ2) is 10.2. The second-order valence-corrected chi connectivity index (χ2v) is 8.78. The molecule has 0 radical (unpaired) electrons. The molecule has 0 aliphatic heterocycles. The molecule has 0 amide bonds. The molecule has 0 spiro atoms. The molecule has 0 saturated carbocycles. The summed E-state index contributed by atoms with van der Waals surface area (Å²) in [6.45, 7) is 4.61. The highest BCUT2D eigenvalue weighted by atomic mass is 35.5. The Labute approximate surface area is 200 Å². The first-order chi connectivity index (χ1) is 16.0. The van der Waals surface area contributed by atoms with Crippen LogP contribution >= 0.6 is 22.9 Å². The van der Waals surface area contributed by atoms with Crippen molar-refractivity contribution in [1.29, 1.82) is 0 Å². The van der Waals surface area contributed by atoms with E-state index in [9.17, 15) is 9.59 Å². The van der Waals surface area contributed by atoms with Crippen LogP contribution in [0.4, 0.5) is 0 Å². The molecule has 0 fully saturated rings. The maximum absolute atomic E-state index is 13.5. The summed E-state index contributed by atoms with van der Waals surface area (Å²) < 4.78 is 15.1. The smallest absolute Gasteiger partial charge is 0.343 e. The van der Waals surface area contributed by atoms with Crippen LogP contribution in [0.15, 0.2) is 52.9 Å². The largest absolute Gasteiger partial charge is 0.487 e. The van der Waals surface area contributed by atoms with Crippen LogP contribution < -0.4 is 10.3 Å². The standard InChI is InChI=1S/C24H24ClN3O4S/c1-3-5-10-32-21-20(24(30)31-4-2)22-19(9-11-33-22)27(23(21)29)14-16-13-26-28(15-16)18-8-6-7-17(25)12-18/h6-9,11-13,15H,3-5,10,14H2,1-2H3. The normalized spacial score (nSPS) is 11.1. The third-order valence-electron chi connectivity index (χ3n) is 5.10. The highest BCUT2D eigenvalue weighted by Crippen LogP contribution is 2.31. The zero-order chi connectivity index (χ0) is 23.4. The van der Waals surface area contributed by atoms with Gasteiger partial charge in [-0.2, -0.15) is 5.10 Å². The number of ether oxygens (including phenoxy) is 2. The number of esters is 1. The molecule has 0 atom stereocenters. The van der Waals surface area contributed by atoms with E-state index in [2.05, 4.69) is 5.10 Å². The van der Waals surface area contributed by atoms with Crippen molar-refractivity contribution >= 4 is 39.1 Å². The van der Waals surface area contributed by atoms with Gasteiger partial charge in [0.25, 0.3) is 5.56 Å². The molecule has 3 aromatic heterocycles. The molecule has 0 N–H and O–H groups in total. The lowest BCUT2D eigenvalue weighted by atomic mass is 10.2. The van der Waals surface area contributed by atoms with Gasteiger partial charge in [0.15, 0.2) is 0 Å². The number of carbonyl (C=O) groups excluding carboxylic acids is 1. The van der Waals surface area contributed by atoms with Gasteiger partial charge in [-0.05, 0) is 43.0 Å². The SMILES string of the molecule is CCCCOc1c(C(=O)OCC)c2sccc2n(Cc2cnn(-c3cccc(Cl)c3)c2)c1=O. The zero-order valence-electron chi connectivity index (χ0n) is 18.4. The van der Waals surface area contributed by atoms with E-state index in [-0.39, 0.29) is 30.0 Å². The van der Waals surface area contributed by atoms with Gasteiger partial charge < -0.3 is 9.47 Å². The van der Waals surface area contributed by atoms with Crippen molar-refractivity contribution in [2.45, 2.75) is 33.2 Å². The van der Waals surface area contributed by atoms with E-state index in [1.54, 1.807) is 28.4 Å². The maximum atomic E-state index is 13.5. The molecule has 0 aliphatic rings. The van der Waals surface area contributed by atoms with E-state index in [0.29, 0.717) is 21.8 Å². The number of pyridine rings is 1. The number of benzene rings is 1. The summed E-state index contributed by atoms with van der Waals surface area (Å²) >= 11 is 7.48. The minimum Gasteiger partial charge on any atom is -0.487 e. The quantitative estimate of drug-likeness (QED) is 0.237. The first-order valence-corrected chi connectivity index (χ1v) is 12.0. The Kier molecular flexibility index (Phi) is 7.15. The predicted octanol–water partition coefficient (Wildman–Crippen LogP) is 5.31. The van der Waals surface area contributed by atoms with Gasteiger partial charge in [0.05, 0.1) is 41.9 Å². The predicted molar refractivity (Wildman–Crippen MR) is 130 cm³/mol. The van der Waals surface area contributed by atoms with Crippen LogP contribution in [-0.2, 0) is 11.3 Å². The Morgan fingerprint density at radius 1 is 1.24 bits per heavy atom. The summed E-state index contributed by atoms with van der Waals surface area (Å²) in [5.41, 5.74) is 2.15. The molecule has 3 heterocycles. The summed E-state index contributed by atoms with van der Waals surface area (Å²) in [7, 11) is 0. The van der Waals surface area contributed by atoms with Crippen LogP contribution in [0.3, 0.4) is 0 Å². The fraction of sp³-hybridized carbons (Fsp3) is 0.292. The molecule has 172 valence electrons. The number of thiophene rings is 1. The van der Waals surface area contributed by atoms with Gasteiger partial charge in [-0.1, -0.05) is 31.0 Å². The van der Waals surface area contributed by atoms with Crippen LogP contribution in [0.25, 0.3) is 15.9 Å². The summed E-state index contributed by atoms with van der Waals surface area (Å²) in [6.07, 6.45) is 5.25. The number of aromatic nitrogens is 3. The van der Waals surface area contributed by atoms with Crippen LogP contribution in [0, 0.1) is 0 Å². The third kappa shape index (κ3) is 4.82. The molecular weight excluding hydrogens is 462 g/mol. The molecule has 4 rings (SSSR count). The summed E-state index contributed by atoms with van der Waals surface area (Å²) in [5, 5.41) is 6.88. The number of carbonyl (C=O) groups is 1. The van der Waals surface area contributed by atoms with Crippen LogP contribution in [-0.4, -0.2) is 33.5 Å². The Bertz CT molecular complexity index is 1340. The lowest BCUT2D eigenvalue weighted by Crippen LogP contribution is -2.26. The van der Waals surface area contributed by atoms with Crippen molar-refractivity contribution in [3.05, 3.63) is 74.6 Å². The van der Waals surface area contributed by atoms with E-state index in [4.69, 9.17) is 21.1 Å². The van der Waals surface area contributed by atoms with Gasteiger partial charge in [-0.25, -0.2) is 9.48 Å². The van der Waals surface area contributed by atoms with Crippen LogP contribution in [0.2, 0.25) is 5.02 Å². The summed E-state index contributed by atoms with van der Waals surface area (Å²) in [6, 6.07) is 9.20. The van der Waals surface area contributed by atoms with Crippen LogP contribution in [0.5, 0.6) is 5.75 Å².